The molecule has 118 valence electrons. The van der Waals surface area contributed by atoms with Crippen LogP contribution < -0.4 is 11.1 Å². The molecule has 0 spiro atoms. The molecule has 0 aromatic carbocycles. The van der Waals surface area contributed by atoms with Crippen LogP contribution >= 0.6 is 11.3 Å². The Morgan fingerprint density at radius 2 is 2.23 bits per heavy atom. The Balaban J connectivity index is 1.71. The van der Waals surface area contributed by atoms with Crippen LogP contribution in [0, 0.1) is 6.92 Å². The number of aromatic nitrogens is 2. The number of nitrogens with two attached hydrogens (primary N) is 1. The molecule has 0 bridgehead atoms. The van der Waals surface area contributed by atoms with Crippen molar-refractivity contribution in [2.45, 2.75) is 33.1 Å². The van der Waals surface area contributed by atoms with E-state index in [1.54, 1.807) is 17.5 Å². The number of hydrogen-bond acceptors (Lipinski definition) is 4. The first-order valence-corrected chi connectivity index (χ1v) is 8.39. The van der Waals surface area contributed by atoms with Gasteiger partial charge >= 0.3 is 0 Å². The van der Waals surface area contributed by atoms with Crippen molar-refractivity contribution in [3.05, 3.63) is 45.7 Å². The Morgan fingerprint density at radius 1 is 1.36 bits per heavy atom. The highest BCUT2D eigenvalue weighted by atomic mass is 32.1. The molecule has 3 N–H and O–H groups in total. The standard InChI is InChI=1S/C16H23N5S/c1-3-14-12(2)22-15(21-14)8-11-20-16(17)19-10-7-13-6-4-5-9-18-13/h4-6,9H,3,7-8,10-11H2,1-2H3,(H3,17,19,20). The summed E-state index contributed by atoms with van der Waals surface area (Å²) in [5.74, 6) is 0.486. The molecule has 0 unspecified atom stereocenters. The molecule has 0 atom stereocenters. The molecule has 0 fully saturated rings. The first kappa shape index (κ1) is 16.4. The Bertz CT molecular complexity index is 606. The molecule has 0 saturated heterocycles. The quantitative estimate of drug-likeness (QED) is 0.606. The van der Waals surface area contributed by atoms with Crippen molar-refractivity contribution in [3.63, 3.8) is 0 Å². The molecular weight excluding hydrogens is 294 g/mol. The lowest BCUT2D eigenvalue weighted by Crippen LogP contribution is -2.33. The number of guanidine groups is 1. The second kappa shape index (κ2) is 8.48. The molecule has 2 heterocycles. The third kappa shape index (κ3) is 5.11. The summed E-state index contributed by atoms with van der Waals surface area (Å²) in [6.45, 7) is 5.66. The minimum atomic E-state index is 0.486. The van der Waals surface area contributed by atoms with Crippen LogP contribution in [0.15, 0.2) is 29.4 Å². The molecule has 0 saturated carbocycles. The average molecular weight is 317 g/mol. The number of rotatable bonds is 7. The van der Waals surface area contributed by atoms with Crippen LogP contribution in [0.4, 0.5) is 0 Å². The van der Waals surface area contributed by atoms with E-state index in [2.05, 4.69) is 34.1 Å². The third-order valence-corrected chi connectivity index (χ3v) is 4.37. The lowest BCUT2D eigenvalue weighted by molar-refractivity contribution is 0.824. The van der Waals surface area contributed by atoms with Crippen LogP contribution in [0.5, 0.6) is 0 Å². The minimum Gasteiger partial charge on any atom is -0.370 e. The second-order valence-electron chi connectivity index (χ2n) is 4.98. The van der Waals surface area contributed by atoms with E-state index in [0.717, 1.165) is 36.5 Å². The van der Waals surface area contributed by atoms with Gasteiger partial charge in [-0.15, -0.1) is 11.3 Å². The zero-order chi connectivity index (χ0) is 15.8. The number of aryl methyl sites for hydroxylation is 2. The van der Waals surface area contributed by atoms with Crippen molar-refractivity contribution in [2.24, 2.45) is 10.7 Å². The van der Waals surface area contributed by atoms with Gasteiger partial charge in [0.2, 0.25) is 0 Å². The summed E-state index contributed by atoms with van der Waals surface area (Å²) in [5.41, 5.74) is 8.11. The molecule has 0 aliphatic carbocycles. The Labute approximate surface area is 135 Å². The first-order valence-electron chi connectivity index (χ1n) is 7.58. The predicted octanol–water partition coefficient (Wildman–Crippen LogP) is 2.10. The van der Waals surface area contributed by atoms with Crippen molar-refractivity contribution in [3.8, 4) is 0 Å². The fourth-order valence-corrected chi connectivity index (χ4v) is 3.13. The number of nitrogens with zero attached hydrogens (tertiary/aromatic N) is 3. The van der Waals surface area contributed by atoms with E-state index in [1.165, 1.54) is 10.6 Å². The highest BCUT2D eigenvalue weighted by Crippen LogP contribution is 2.18. The van der Waals surface area contributed by atoms with Gasteiger partial charge < -0.3 is 11.1 Å². The van der Waals surface area contributed by atoms with Crippen molar-refractivity contribution >= 4 is 17.3 Å². The minimum absolute atomic E-state index is 0.486. The maximum Gasteiger partial charge on any atom is 0.188 e. The van der Waals surface area contributed by atoms with E-state index in [0.29, 0.717) is 12.5 Å². The number of aliphatic imine (C=N–C) groups is 1. The monoisotopic (exact) mass is 317 g/mol. The van der Waals surface area contributed by atoms with Gasteiger partial charge in [0.15, 0.2) is 5.96 Å². The van der Waals surface area contributed by atoms with Gasteiger partial charge in [0.05, 0.1) is 10.7 Å². The summed E-state index contributed by atoms with van der Waals surface area (Å²) >= 11 is 1.76. The van der Waals surface area contributed by atoms with Crippen molar-refractivity contribution < 1.29 is 0 Å². The van der Waals surface area contributed by atoms with E-state index in [4.69, 9.17) is 5.73 Å². The third-order valence-electron chi connectivity index (χ3n) is 3.29. The van der Waals surface area contributed by atoms with Crippen LogP contribution in [0.25, 0.3) is 0 Å². The second-order valence-corrected chi connectivity index (χ2v) is 6.27. The van der Waals surface area contributed by atoms with E-state index in [9.17, 15) is 0 Å². The van der Waals surface area contributed by atoms with E-state index >= 15 is 0 Å². The van der Waals surface area contributed by atoms with Crippen LogP contribution in [-0.4, -0.2) is 29.0 Å². The molecule has 22 heavy (non-hydrogen) atoms. The van der Waals surface area contributed by atoms with Gasteiger partial charge in [-0.3, -0.25) is 9.98 Å². The zero-order valence-corrected chi connectivity index (χ0v) is 14.0. The van der Waals surface area contributed by atoms with E-state index < -0.39 is 0 Å². The van der Waals surface area contributed by atoms with Gasteiger partial charge in [-0.25, -0.2) is 4.98 Å². The Kier molecular flexibility index (Phi) is 6.33. The first-order chi connectivity index (χ1) is 10.7. The largest absolute Gasteiger partial charge is 0.370 e. The molecule has 6 heteroatoms. The Hall–Kier alpha value is -1.95. The summed E-state index contributed by atoms with van der Waals surface area (Å²) in [7, 11) is 0. The molecule has 0 radical (unpaired) electrons. The summed E-state index contributed by atoms with van der Waals surface area (Å²) < 4.78 is 0. The lowest BCUT2D eigenvalue weighted by Gasteiger charge is -2.04. The molecule has 2 aromatic heterocycles. The van der Waals surface area contributed by atoms with Gasteiger partial charge in [-0.1, -0.05) is 13.0 Å². The summed E-state index contributed by atoms with van der Waals surface area (Å²) in [4.78, 5) is 14.5. The molecule has 0 amide bonds. The van der Waals surface area contributed by atoms with Crippen LogP contribution in [-0.2, 0) is 19.3 Å². The highest BCUT2D eigenvalue weighted by molar-refractivity contribution is 7.11. The fourth-order valence-electron chi connectivity index (χ4n) is 2.12. The predicted molar refractivity (Wildman–Crippen MR) is 92.4 cm³/mol. The topological polar surface area (TPSA) is 76.2 Å². The summed E-state index contributed by atoms with van der Waals surface area (Å²) in [6, 6.07) is 5.91. The van der Waals surface area contributed by atoms with Gasteiger partial charge in [0.25, 0.3) is 0 Å². The fraction of sp³-hybridized carbons (Fsp3) is 0.438. The van der Waals surface area contributed by atoms with Gasteiger partial charge in [0.1, 0.15) is 0 Å². The SMILES string of the molecule is CCc1nc(CCN=C(N)NCCc2ccccn2)sc1C. The van der Waals surface area contributed by atoms with Crippen molar-refractivity contribution in [2.75, 3.05) is 13.1 Å². The smallest absolute Gasteiger partial charge is 0.188 e. The normalized spacial score (nSPS) is 11.6. The molecular formula is C16H23N5S. The number of nitrogens with one attached hydrogen (secondary N) is 1. The van der Waals surface area contributed by atoms with Gasteiger partial charge in [-0.2, -0.15) is 0 Å². The van der Waals surface area contributed by atoms with Crippen molar-refractivity contribution in [1.82, 2.24) is 15.3 Å². The Morgan fingerprint density at radius 3 is 2.91 bits per heavy atom. The van der Waals surface area contributed by atoms with Crippen molar-refractivity contribution in [1.29, 1.82) is 0 Å². The lowest BCUT2D eigenvalue weighted by atomic mass is 10.3. The maximum absolute atomic E-state index is 5.86. The highest BCUT2D eigenvalue weighted by Gasteiger charge is 2.05. The van der Waals surface area contributed by atoms with Crippen LogP contribution in [0.3, 0.4) is 0 Å². The summed E-state index contributed by atoms with van der Waals surface area (Å²) in [6.07, 6.45) is 4.47. The van der Waals surface area contributed by atoms with E-state index in [1.807, 2.05) is 18.2 Å². The van der Waals surface area contributed by atoms with Crippen LogP contribution in [0.2, 0.25) is 0 Å². The molecule has 5 nitrogen and oxygen atoms in total. The van der Waals surface area contributed by atoms with Crippen LogP contribution in [0.1, 0.15) is 28.2 Å². The molecule has 2 aromatic rings. The summed E-state index contributed by atoms with van der Waals surface area (Å²) in [5, 5.41) is 4.25. The molecule has 0 aliphatic rings. The van der Waals surface area contributed by atoms with E-state index in [-0.39, 0.29) is 0 Å². The molecule has 2 rings (SSSR count). The zero-order valence-electron chi connectivity index (χ0n) is 13.2. The number of pyridine rings is 1. The average Bonchev–Trinajstić information content (AvgIpc) is 2.88. The van der Waals surface area contributed by atoms with Gasteiger partial charge in [-0.05, 0) is 25.5 Å². The maximum atomic E-state index is 5.86. The van der Waals surface area contributed by atoms with Gasteiger partial charge in [0, 0.05) is 42.7 Å². The molecule has 0 aliphatic heterocycles. The number of thiazole rings is 1. The number of hydrogen-bond donors (Lipinski definition) is 2.